The largest absolute Gasteiger partial charge is 0.451 e. The molecule has 4 aromatic rings. The van der Waals surface area contributed by atoms with Gasteiger partial charge in [0.05, 0.1) is 5.39 Å². The molecular weight excluding hydrogens is 483 g/mol. The molecule has 13 heteroatoms. The Morgan fingerprint density at radius 1 is 0.943 bits per heavy atom. The fraction of sp³-hybridized carbons (Fsp3) is 0.182. The molecule has 0 saturated carbocycles. The van der Waals surface area contributed by atoms with Crippen LogP contribution in [0.4, 0.5) is 36.6 Å². The van der Waals surface area contributed by atoms with Crippen molar-refractivity contribution in [1.82, 2.24) is 19.9 Å². The number of hydrogen-bond donors (Lipinski definition) is 1. The Bertz CT molecular complexity index is 1410. The second-order valence-corrected chi connectivity index (χ2v) is 7.31. The maximum Gasteiger partial charge on any atom is 0.451 e. The lowest BCUT2D eigenvalue weighted by Crippen LogP contribution is -2.14. The molecule has 0 aliphatic carbocycles. The molecule has 0 aliphatic rings. The van der Waals surface area contributed by atoms with Gasteiger partial charge in [-0.15, -0.1) is 0 Å². The van der Waals surface area contributed by atoms with E-state index in [-0.39, 0.29) is 29.0 Å². The van der Waals surface area contributed by atoms with Crippen molar-refractivity contribution in [2.45, 2.75) is 19.5 Å². The third-order valence-electron chi connectivity index (χ3n) is 4.87. The Morgan fingerprint density at radius 2 is 1.69 bits per heavy atom. The van der Waals surface area contributed by atoms with E-state index in [1.54, 1.807) is 19.1 Å². The third kappa shape index (κ3) is 5.08. The number of halogens is 7. The van der Waals surface area contributed by atoms with Crippen LogP contribution in [-0.2, 0) is 12.6 Å². The van der Waals surface area contributed by atoms with Crippen molar-refractivity contribution in [3.63, 3.8) is 0 Å². The van der Waals surface area contributed by atoms with Gasteiger partial charge in [0.15, 0.2) is 0 Å². The van der Waals surface area contributed by atoms with Crippen LogP contribution in [0.5, 0.6) is 11.6 Å². The number of anilines is 1. The van der Waals surface area contributed by atoms with Crippen LogP contribution in [0, 0.1) is 30.3 Å². The number of fused-ring (bicyclic) bond motifs is 1. The maximum absolute atomic E-state index is 14.2. The van der Waals surface area contributed by atoms with Crippen molar-refractivity contribution in [2.24, 2.45) is 0 Å². The number of rotatable bonds is 6. The van der Waals surface area contributed by atoms with Crippen molar-refractivity contribution >= 4 is 16.7 Å². The number of ether oxygens (including phenoxy) is 1. The first-order chi connectivity index (χ1) is 16.5. The molecule has 2 heterocycles. The molecule has 2 aromatic heterocycles. The van der Waals surface area contributed by atoms with Gasteiger partial charge in [-0.05, 0) is 42.7 Å². The summed E-state index contributed by atoms with van der Waals surface area (Å²) in [7, 11) is 0. The predicted octanol–water partition coefficient (Wildman–Crippen LogP) is 5.75. The molecule has 6 nitrogen and oxygen atoms in total. The van der Waals surface area contributed by atoms with Crippen molar-refractivity contribution in [2.75, 3.05) is 11.9 Å². The Labute approximate surface area is 192 Å². The van der Waals surface area contributed by atoms with Crippen molar-refractivity contribution in [3.05, 3.63) is 77.0 Å². The standard InChI is InChI=1S/C22H14F7N5O/c1-10-8-11(6-7-30-19-15-12(23)3-4-13(24)17(15)31-9-32-19)2-5-14(10)35-20-16(25)18(26)33-21(34-20)22(27,28)29/h2-5,8-9H,6-7H2,1H3,(H,30,31,32). The predicted molar refractivity (Wildman–Crippen MR) is 110 cm³/mol. The summed E-state index contributed by atoms with van der Waals surface area (Å²) in [5.41, 5.74) is 0.953. The van der Waals surface area contributed by atoms with Gasteiger partial charge in [0.25, 0.3) is 11.8 Å². The molecule has 0 spiro atoms. The zero-order chi connectivity index (χ0) is 25.3. The van der Waals surface area contributed by atoms with E-state index in [0.717, 1.165) is 24.0 Å². The summed E-state index contributed by atoms with van der Waals surface area (Å²) in [4.78, 5) is 13.1. The lowest BCUT2D eigenvalue weighted by atomic mass is 10.1. The average Bonchev–Trinajstić information content (AvgIpc) is 2.80. The average molecular weight is 497 g/mol. The topological polar surface area (TPSA) is 72.8 Å². The summed E-state index contributed by atoms with van der Waals surface area (Å²) in [6.45, 7) is 1.80. The van der Waals surface area contributed by atoms with Crippen molar-refractivity contribution < 1.29 is 35.5 Å². The smallest absolute Gasteiger partial charge is 0.436 e. The monoisotopic (exact) mass is 497 g/mol. The van der Waals surface area contributed by atoms with Gasteiger partial charge in [0, 0.05) is 6.54 Å². The first-order valence-corrected chi connectivity index (χ1v) is 9.94. The van der Waals surface area contributed by atoms with Crippen molar-refractivity contribution in [3.8, 4) is 11.6 Å². The Hall–Kier alpha value is -4.03. The van der Waals surface area contributed by atoms with Gasteiger partial charge in [-0.1, -0.05) is 12.1 Å². The molecule has 182 valence electrons. The lowest BCUT2D eigenvalue weighted by molar-refractivity contribution is -0.145. The highest BCUT2D eigenvalue weighted by Gasteiger charge is 2.37. The van der Waals surface area contributed by atoms with E-state index in [9.17, 15) is 30.7 Å². The number of nitrogens with one attached hydrogen (secondary N) is 1. The molecule has 0 radical (unpaired) electrons. The minimum atomic E-state index is -5.10. The van der Waals surface area contributed by atoms with Gasteiger partial charge >= 0.3 is 6.18 Å². The molecule has 0 unspecified atom stereocenters. The molecule has 35 heavy (non-hydrogen) atoms. The van der Waals surface area contributed by atoms with E-state index >= 15 is 0 Å². The molecule has 0 atom stereocenters. The van der Waals surface area contributed by atoms with Crippen LogP contribution in [0.25, 0.3) is 10.9 Å². The SMILES string of the molecule is Cc1cc(CCNc2ncnc3c(F)ccc(F)c23)ccc1Oc1nc(C(F)(F)F)nc(F)c1F. The molecule has 0 fully saturated rings. The Morgan fingerprint density at radius 3 is 2.40 bits per heavy atom. The first-order valence-electron chi connectivity index (χ1n) is 9.94. The van der Waals surface area contributed by atoms with Gasteiger partial charge in [-0.3, -0.25) is 0 Å². The molecule has 0 saturated heterocycles. The highest BCUT2D eigenvalue weighted by atomic mass is 19.4. The van der Waals surface area contributed by atoms with Crippen LogP contribution in [0.15, 0.2) is 36.7 Å². The number of hydrogen-bond acceptors (Lipinski definition) is 6. The van der Waals surface area contributed by atoms with Crippen LogP contribution in [0.1, 0.15) is 17.0 Å². The van der Waals surface area contributed by atoms with Gasteiger partial charge in [0.2, 0.25) is 11.6 Å². The molecule has 0 aliphatic heterocycles. The van der Waals surface area contributed by atoms with Crippen LogP contribution >= 0.6 is 0 Å². The van der Waals surface area contributed by atoms with Gasteiger partial charge in [-0.2, -0.15) is 31.9 Å². The quantitative estimate of drug-likeness (QED) is 0.270. The van der Waals surface area contributed by atoms with Gasteiger partial charge in [0.1, 0.15) is 35.0 Å². The third-order valence-corrected chi connectivity index (χ3v) is 4.87. The summed E-state index contributed by atoms with van der Waals surface area (Å²) < 4.78 is 98.9. The molecule has 0 bridgehead atoms. The molecule has 1 N–H and O–H groups in total. The van der Waals surface area contributed by atoms with Crippen molar-refractivity contribution in [1.29, 1.82) is 0 Å². The van der Waals surface area contributed by atoms with Crippen LogP contribution in [0.3, 0.4) is 0 Å². The van der Waals surface area contributed by atoms with E-state index in [0.29, 0.717) is 12.0 Å². The van der Waals surface area contributed by atoms with Gasteiger partial charge in [-0.25, -0.2) is 18.7 Å². The van der Waals surface area contributed by atoms with E-state index in [1.807, 2.05) is 0 Å². The summed E-state index contributed by atoms with van der Waals surface area (Å²) in [6, 6.07) is 6.44. The number of alkyl halides is 3. The summed E-state index contributed by atoms with van der Waals surface area (Å²) >= 11 is 0. The normalized spacial score (nSPS) is 11.7. The zero-order valence-electron chi connectivity index (χ0n) is 17.7. The second-order valence-electron chi connectivity index (χ2n) is 7.31. The fourth-order valence-electron chi connectivity index (χ4n) is 3.24. The number of aryl methyl sites for hydroxylation is 1. The summed E-state index contributed by atoms with van der Waals surface area (Å²) in [5, 5.41) is 2.82. The fourth-order valence-corrected chi connectivity index (χ4v) is 3.24. The number of nitrogens with zero attached hydrogens (tertiary/aromatic N) is 4. The number of aromatic nitrogens is 4. The Balaban J connectivity index is 1.48. The van der Waals surface area contributed by atoms with Crippen LogP contribution in [-0.4, -0.2) is 26.5 Å². The number of benzene rings is 2. The van der Waals surface area contributed by atoms with E-state index < -0.39 is 41.3 Å². The maximum atomic E-state index is 14.2. The highest BCUT2D eigenvalue weighted by Crippen LogP contribution is 2.32. The van der Waals surface area contributed by atoms with E-state index in [1.165, 1.54) is 6.07 Å². The minimum absolute atomic E-state index is 0.0498. The zero-order valence-corrected chi connectivity index (χ0v) is 17.7. The van der Waals surface area contributed by atoms with E-state index in [2.05, 4.69) is 25.3 Å². The lowest BCUT2D eigenvalue weighted by Gasteiger charge is -2.13. The van der Waals surface area contributed by atoms with Crippen LogP contribution in [0.2, 0.25) is 0 Å². The Kier molecular flexibility index (Phi) is 6.41. The van der Waals surface area contributed by atoms with Crippen LogP contribution < -0.4 is 10.1 Å². The molecular formula is C22H14F7N5O. The second kappa shape index (κ2) is 9.31. The minimum Gasteiger partial charge on any atom is -0.436 e. The molecule has 4 rings (SSSR count). The molecule has 2 aromatic carbocycles. The summed E-state index contributed by atoms with van der Waals surface area (Å²) in [6.07, 6.45) is -3.62. The highest BCUT2D eigenvalue weighted by molar-refractivity contribution is 5.89. The molecule has 0 amide bonds. The van der Waals surface area contributed by atoms with Gasteiger partial charge < -0.3 is 10.1 Å². The van der Waals surface area contributed by atoms with E-state index in [4.69, 9.17) is 4.74 Å². The summed E-state index contributed by atoms with van der Waals surface area (Å²) in [5.74, 6) is -8.16. The first kappa shape index (κ1) is 24.1.